The molecule has 2 N–H and O–H groups in total. The van der Waals surface area contributed by atoms with E-state index in [0.717, 1.165) is 0 Å². The molecule has 1 aliphatic carbocycles. The van der Waals surface area contributed by atoms with Crippen molar-refractivity contribution in [3.05, 3.63) is 41.0 Å². The predicted molar refractivity (Wildman–Crippen MR) is 161 cm³/mol. The van der Waals surface area contributed by atoms with Crippen LogP contribution in [0.2, 0.25) is 0 Å². The molecule has 3 fully saturated rings. The van der Waals surface area contributed by atoms with E-state index >= 15 is 0 Å². The quantitative estimate of drug-likeness (QED) is 0.290. The molecule has 4 heterocycles. The average Bonchev–Trinajstić information content (AvgIpc) is 3.68. The maximum atomic E-state index is 13.6. The molecule has 2 aromatic rings. The first kappa shape index (κ1) is 36.2. The van der Waals surface area contributed by atoms with Crippen LogP contribution in [0.25, 0.3) is 0 Å². The van der Waals surface area contributed by atoms with Gasteiger partial charge >= 0.3 is 11.9 Å². The third-order valence-electron chi connectivity index (χ3n) is 9.39. The van der Waals surface area contributed by atoms with Gasteiger partial charge in [0.1, 0.15) is 24.4 Å². The molecule has 10 atom stereocenters. The molecule has 49 heavy (non-hydrogen) atoms. The zero-order valence-corrected chi connectivity index (χ0v) is 30.6. The van der Waals surface area contributed by atoms with Gasteiger partial charge in [-0.25, -0.2) is 0 Å². The number of nitrogens with zero attached hydrogens (tertiary/aromatic N) is 1. The van der Waals surface area contributed by atoms with Gasteiger partial charge in [0.05, 0.1) is 46.0 Å². The Bertz CT molecular complexity index is 1550. The summed E-state index contributed by atoms with van der Waals surface area (Å²) in [4.78, 5) is 27.9. The van der Waals surface area contributed by atoms with Crippen LogP contribution >= 0.6 is 0 Å². The second kappa shape index (κ2) is 14.6. The number of carbonyl (C=O) groups excluding carboxylic acids is 2. The first-order chi connectivity index (χ1) is 23.1. The normalized spacial score (nSPS) is 32.7. The molecular weight excluding hydrogens is 723 g/mol. The van der Waals surface area contributed by atoms with Crippen LogP contribution < -0.4 is 23.7 Å². The van der Waals surface area contributed by atoms with Crippen LogP contribution in [0.3, 0.4) is 0 Å². The van der Waals surface area contributed by atoms with Gasteiger partial charge in [-0.05, 0) is 62.0 Å². The summed E-state index contributed by atoms with van der Waals surface area (Å²) >= 11 is 0. The molecule has 1 radical (unpaired) electrons. The van der Waals surface area contributed by atoms with Gasteiger partial charge in [-0.1, -0.05) is 0 Å². The predicted octanol–water partition coefficient (Wildman–Crippen LogP) is 1.10. The van der Waals surface area contributed by atoms with Crippen LogP contribution in [0.4, 0.5) is 0 Å². The maximum absolute atomic E-state index is 13.6. The topological polar surface area (TPSA) is 170 Å². The second-order valence-corrected chi connectivity index (χ2v) is 12.7. The fraction of sp³-hybridized carbons (Fsp3) is 0.576. The molecule has 15 nitrogen and oxygen atoms in total. The van der Waals surface area contributed by atoms with E-state index in [9.17, 15) is 19.8 Å². The first-order valence-electron chi connectivity index (χ1n) is 15.7. The monoisotopic (exact) mass is 762 g/mol. The SMILES string of the molecule is COc1cc(C2c3cc4c(cc3[C@@H](O[C@@H]3O[C@@H]5CO[C@@H](C)O[C@H]5[C@H](O)[C@H]3O)[C@H]3COC(=O)[C@H]23)OCO4)cc(OC)c1OC(=O)CN(C)C.[Y]. The third-order valence-corrected chi connectivity index (χ3v) is 9.39. The fourth-order valence-electron chi connectivity index (χ4n) is 7.23. The molecule has 16 heteroatoms. The van der Waals surface area contributed by atoms with Gasteiger partial charge in [-0.15, -0.1) is 0 Å². The maximum Gasteiger partial charge on any atom is 0.325 e. The summed E-state index contributed by atoms with van der Waals surface area (Å²) in [6.45, 7) is 1.90. The number of aliphatic hydroxyl groups is 2. The number of likely N-dealkylation sites (N-methyl/N-ethyl adjacent to an activating group) is 1. The fourth-order valence-corrected chi connectivity index (χ4v) is 7.23. The standard InChI is InChI=1S/C33H39NO14.Y/c1-14-41-12-23-31(45-14)27(36)28(37)33(46-23)48-29-17-9-20-19(43-13-44-20)8-16(17)25(26-18(29)11-42-32(26)38)15-6-21(39-4)30(22(7-15)40-5)47-24(35)10-34(2)3;/h6-9,14,18,23,25-29,31,33,36-37H,10-13H2,1-5H3;/t14-,18+,23-,25?,26+,27-,28-,29-,31-,33+;/m1./s1. The molecule has 0 saturated carbocycles. The number of cyclic esters (lactones) is 1. The molecule has 0 aromatic heterocycles. The van der Waals surface area contributed by atoms with Gasteiger partial charge in [0.25, 0.3) is 0 Å². The Hall–Kier alpha value is -2.60. The van der Waals surface area contributed by atoms with Crippen molar-refractivity contribution in [2.45, 2.75) is 55.9 Å². The van der Waals surface area contributed by atoms with Crippen molar-refractivity contribution in [2.24, 2.45) is 11.8 Å². The molecule has 0 bridgehead atoms. The molecule has 3 saturated heterocycles. The molecule has 263 valence electrons. The van der Waals surface area contributed by atoms with Gasteiger partial charge in [-0.2, -0.15) is 0 Å². The summed E-state index contributed by atoms with van der Waals surface area (Å²) in [6.07, 6.45) is -6.95. The minimum atomic E-state index is -1.46. The van der Waals surface area contributed by atoms with Crippen molar-refractivity contribution in [3.8, 4) is 28.7 Å². The largest absolute Gasteiger partial charge is 0.493 e. The van der Waals surface area contributed by atoms with Crippen LogP contribution in [0.1, 0.15) is 35.6 Å². The van der Waals surface area contributed by atoms with Gasteiger partial charge < -0.3 is 57.6 Å². The van der Waals surface area contributed by atoms with Gasteiger partial charge in [0.2, 0.25) is 12.5 Å². The van der Waals surface area contributed by atoms with Crippen molar-refractivity contribution in [2.75, 3.05) is 54.9 Å². The van der Waals surface area contributed by atoms with Gasteiger partial charge in [-0.3, -0.25) is 14.5 Å². The number of ether oxygens (including phenoxy) is 10. The summed E-state index contributed by atoms with van der Waals surface area (Å²) in [5.74, 6) is -1.35. The number of carbonyl (C=O) groups is 2. The number of fused-ring (bicyclic) bond motifs is 4. The van der Waals surface area contributed by atoms with E-state index in [1.54, 1.807) is 50.2 Å². The van der Waals surface area contributed by atoms with E-state index in [0.29, 0.717) is 28.2 Å². The number of esters is 2. The van der Waals surface area contributed by atoms with Crippen molar-refractivity contribution < 1.29 is 99.9 Å². The zero-order valence-electron chi connectivity index (χ0n) is 27.7. The Labute approximate surface area is 307 Å². The Morgan fingerprint density at radius 1 is 0.939 bits per heavy atom. The second-order valence-electron chi connectivity index (χ2n) is 12.7. The Morgan fingerprint density at radius 2 is 1.61 bits per heavy atom. The number of aliphatic hydroxyl groups excluding tert-OH is 2. The molecule has 0 amide bonds. The minimum Gasteiger partial charge on any atom is -0.493 e. The molecule has 7 rings (SSSR count). The third kappa shape index (κ3) is 6.65. The summed E-state index contributed by atoms with van der Waals surface area (Å²) in [5, 5.41) is 22.1. The summed E-state index contributed by atoms with van der Waals surface area (Å²) in [7, 11) is 6.39. The van der Waals surface area contributed by atoms with E-state index in [1.807, 2.05) is 0 Å². The van der Waals surface area contributed by atoms with Crippen LogP contribution in [0.5, 0.6) is 28.7 Å². The Morgan fingerprint density at radius 3 is 2.27 bits per heavy atom. The molecule has 1 unspecified atom stereocenters. The van der Waals surface area contributed by atoms with Crippen molar-refractivity contribution in [3.63, 3.8) is 0 Å². The van der Waals surface area contributed by atoms with Crippen LogP contribution in [-0.4, -0.2) is 119 Å². The molecule has 2 aromatic carbocycles. The van der Waals surface area contributed by atoms with E-state index in [4.69, 9.17) is 47.4 Å². The number of hydrogen-bond acceptors (Lipinski definition) is 15. The summed E-state index contributed by atoms with van der Waals surface area (Å²) in [5.41, 5.74) is 1.95. The van der Waals surface area contributed by atoms with Crippen molar-refractivity contribution in [1.82, 2.24) is 4.90 Å². The first-order valence-corrected chi connectivity index (χ1v) is 15.7. The number of methoxy groups -OCH3 is 2. The number of benzene rings is 2. The van der Waals surface area contributed by atoms with E-state index in [1.165, 1.54) is 14.2 Å². The minimum absolute atomic E-state index is 0. The smallest absolute Gasteiger partial charge is 0.325 e. The molecule has 4 aliphatic heterocycles. The molecular formula is C33H39NO14Y. The average molecular weight is 763 g/mol. The van der Waals surface area contributed by atoms with Gasteiger partial charge in [0, 0.05) is 44.5 Å². The van der Waals surface area contributed by atoms with E-state index in [2.05, 4.69) is 0 Å². The van der Waals surface area contributed by atoms with Crippen LogP contribution in [0.15, 0.2) is 24.3 Å². The summed E-state index contributed by atoms with van der Waals surface area (Å²) < 4.78 is 58.0. The number of rotatable bonds is 8. The zero-order chi connectivity index (χ0) is 33.9. The van der Waals surface area contributed by atoms with E-state index < -0.39 is 72.8 Å². The van der Waals surface area contributed by atoms with Gasteiger partial charge in [0.15, 0.2) is 35.6 Å². The van der Waals surface area contributed by atoms with Crippen molar-refractivity contribution in [1.29, 1.82) is 0 Å². The Kier molecular flexibility index (Phi) is 10.8. The van der Waals surface area contributed by atoms with Crippen molar-refractivity contribution >= 4 is 11.9 Å². The van der Waals surface area contributed by atoms with Crippen LogP contribution in [-0.2, 0) is 66.0 Å². The summed E-state index contributed by atoms with van der Waals surface area (Å²) in [6, 6.07) is 7.01. The van der Waals surface area contributed by atoms with E-state index in [-0.39, 0.29) is 76.5 Å². The number of hydrogen-bond donors (Lipinski definition) is 2. The van der Waals surface area contributed by atoms with Crippen LogP contribution in [0, 0.1) is 11.8 Å². The Balaban J connectivity index is 0.00000417. The molecule has 5 aliphatic rings. The molecule has 0 spiro atoms.